The highest BCUT2D eigenvalue weighted by Gasteiger charge is 2.18. The molecule has 0 saturated heterocycles. The normalized spacial score (nSPS) is 10.4. The maximum atomic E-state index is 5.98. The van der Waals surface area contributed by atoms with Crippen molar-refractivity contribution >= 4 is 34.6 Å². The summed E-state index contributed by atoms with van der Waals surface area (Å²) in [5, 5.41) is 4.46. The standard InChI is InChI=1S/C22H23ClN2O4S/c1-26-19-11-15(12-20(27-2)21(19)28-3)13-25(14-18-5-4-10-29-18)22(30)24-17-8-6-16(23)7-9-17/h4-12H,13-14H2,1-3H3,(H,24,30). The van der Waals surface area contributed by atoms with Gasteiger partial charge in [0.25, 0.3) is 0 Å². The number of nitrogens with zero attached hydrogens (tertiary/aromatic N) is 1. The molecule has 0 bridgehead atoms. The van der Waals surface area contributed by atoms with Crippen molar-refractivity contribution in [3.8, 4) is 17.2 Å². The molecule has 0 aliphatic carbocycles. The van der Waals surface area contributed by atoms with Gasteiger partial charge in [-0.25, -0.2) is 0 Å². The molecule has 6 nitrogen and oxygen atoms in total. The summed E-state index contributed by atoms with van der Waals surface area (Å²) in [5.41, 5.74) is 1.79. The first-order valence-electron chi connectivity index (χ1n) is 9.16. The van der Waals surface area contributed by atoms with Crippen LogP contribution < -0.4 is 19.5 Å². The zero-order valence-corrected chi connectivity index (χ0v) is 18.5. The van der Waals surface area contributed by atoms with E-state index in [2.05, 4.69) is 5.32 Å². The number of benzene rings is 2. The van der Waals surface area contributed by atoms with Crippen LogP contribution in [0.2, 0.25) is 5.02 Å². The summed E-state index contributed by atoms with van der Waals surface area (Å²) < 4.78 is 21.9. The Balaban J connectivity index is 1.87. The number of ether oxygens (including phenoxy) is 3. The second-order valence-electron chi connectivity index (χ2n) is 6.41. The van der Waals surface area contributed by atoms with Crippen LogP contribution in [-0.4, -0.2) is 31.3 Å². The molecule has 0 radical (unpaired) electrons. The lowest BCUT2D eigenvalue weighted by molar-refractivity contribution is 0.321. The van der Waals surface area contributed by atoms with Gasteiger partial charge >= 0.3 is 0 Å². The van der Waals surface area contributed by atoms with Crippen molar-refractivity contribution in [1.82, 2.24) is 4.90 Å². The second kappa shape index (κ2) is 10.2. The van der Waals surface area contributed by atoms with Gasteiger partial charge in [0.2, 0.25) is 5.75 Å². The fourth-order valence-electron chi connectivity index (χ4n) is 2.97. The van der Waals surface area contributed by atoms with Crippen LogP contribution in [0, 0.1) is 0 Å². The third-order valence-corrected chi connectivity index (χ3v) is 5.02. The highest BCUT2D eigenvalue weighted by Crippen LogP contribution is 2.38. The molecule has 0 aliphatic heterocycles. The summed E-state index contributed by atoms with van der Waals surface area (Å²) in [4.78, 5) is 1.99. The maximum absolute atomic E-state index is 5.98. The first kappa shape index (κ1) is 21.8. The summed E-state index contributed by atoms with van der Waals surface area (Å²) >= 11 is 11.7. The first-order chi connectivity index (χ1) is 14.5. The van der Waals surface area contributed by atoms with Gasteiger partial charge in [0.15, 0.2) is 16.6 Å². The van der Waals surface area contributed by atoms with Crippen LogP contribution in [-0.2, 0) is 13.1 Å². The van der Waals surface area contributed by atoms with Crippen LogP contribution >= 0.6 is 23.8 Å². The zero-order valence-electron chi connectivity index (χ0n) is 17.0. The average molecular weight is 447 g/mol. The van der Waals surface area contributed by atoms with E-state index in [9.17, 15) is 0 Å². The molecule has 1 aromatic heterocycles. The molecule has 1 heterocycles. The Morgan fingerprint density at radius 3 is 2.20 bits per heavy atom. The van der Waals surface area contributed by atoms with Crippen molar-refractivity contribution < 1.29 is 18.6 Å². The monoisotopic (exact) mass is 446 g/mol. The van der Waals surface area contributed by atoms with Crippen molar-refractivity contribution in [3.63, 3.8) is 0 Å². The Bertz CT molecular complexity index is 952. The number of nitrogens with one attached hydrogen (secondary N) is 1. The van der Waals surface area contributed by atoms with E-state index in [1.165, 1.54) is 0 Å². The number of hydrogen-bond acceptors (Lipinski definition) is 5. The van der Waals surface area contributed by atoms with Crippen molar-refractivity contribution in [1.29, 1.82) is 0 Å². The highest BCUT2D eigenvalue weighted by atomic mass is 35.5. The number of thiocarbonyl (C=S) groups is 1. The largest absolute Gasteiger partial charge is 0.493 e. The lowest BCUT2D eigenvalue weighted by Crippen LogP contribution is -2.33. The Morgan fingerprint density at radius 2 is 1.67 bits per heavy atom. The molecule has 3 aromatic rings. The number of anilines is 1. The number of hydrogen-bond donors (Lipinski definition) is 1. The Hall–Kier alpha value is -2.90. The summed E-state index contributed by atoms with van der Waals surface area (Å²) in [7, 11) is 4.76. The number of methoxy groups -OCH3 is 3. The minimum Gasteiger partial charge on any atom is -0.493 e. The summed E-state index contributed by atoms with van der Waals surface area (Å²) in [6, 6.07) is 14.9. The van der Waals surface area contributed by atoms with Gasteiger partial charge in [-0.3, -0.25) is 0 Å². The van der Waals surface area contributed by atoms with E-state index >= 15 is 0 Å². The van der Waals surface area contributed by atoms with Crippen LogP contribution in [0.1, 0.15) is 11.3 Å². The van der Waals surface area contributed by atoms with Gasteiger partial charge in [-0.05, 0) is 66.3 Å². The van der Waals surface area contributed by atoms with Gasteiger partial charge in [-0.2, -0.15) is 0 Å². The van der Waals surface area contributed by atoms with E-state index in [-0.39, 0.29) is 0 Å². The molecular weight excluding hydrogens is 424 g/mol. The van der Waals surface area contributed by atoms with Crippen LogP contribution in [0.15, 0.2) is 59.2 Å². The Labute approximate surface area is 186 Å². The van der Waals surface area contributed by atoms with Gasteiger partial charge in [0.1, 0.15) is 5.76 Å². The van der Waals surface area contributed by atoms with Crippen LogP contribution in [0.4, 0.5) is 5.69 Å². The predicted molar refractivity (Wildman–Crippen MR) is 122 cm³/mol. The molecule has 0 aliphatic rings. The maximum Gasteiger partial charge on any atom is 0.203 e. The number of rotatable bonds is 8. The third kappa shape index (κ3) is 5.37. The smallest absolute Gasteiger partial charge is 0.203 e. The lowest BCUT2D eigenvalue weighted by Gasteiger charge is -2.26. The molecule has 158 valence electrons. The molecule has 3 rings (SSSR count). The Morgan fingerprint density at radius 1 is 1.00 bits per heavy atom. The van der Waals surface area contributed by atoms with E-state index in [0.29, 0.717) is 40.5 Å². The van der Waals surface area contributed by atoms with Crippen molar-refractivity contribution in [3.05, 3.63) is 71.1 Å². The second-order valence-corrected chi connectivity index (χ2v) is 7.23. The van der Waals surface area contributed by atoms with Gasteiger partial charge in [0, 0.05) is 17.3 Å². The summed E-state index contributed by atoms with van der Waals surface area (Å²) in [6.07, 6.45) is 1.64. The van der Waals surface area contributed by atoms with E-state index < -0.39 is 0 Å². The zero-order chi connectivity index (χ0) is 21.5. The van der Waals surface area contributed by atoms with Crippen LogP contribution in [0.5, 0.6) is 17.2 Å². The number of halogens is 1. The molecule has 0 fully saturated rings. The van der Waals surface area contributed by atoms with Gasteiger partial charge in [-0.15, -0.1) is 0 Å². The fourth-order valence-corrected chi connectivity index (χ4v) is 3.35. The van der Waals surface area contributed by atoms with E-state index in [1.54, 1.807) is 27.6 Å². The molecule has 2 aromatic carbocycles. The molecule has 30 heavy (non-hydrogen) atoms. The van der Waals surface area contributed by atoms with Crippen LogP contribution in [0.25, 0.3) is 0 Å². The minimum absolute atomic E-state index is 0.489. The van der Waals surface area contributed by atoms with E-state index in [0.717, 1.165) is 17.0 Å². The van der Waals surface area contributed by atoms with E-state index in [4.69, 9.17) is 42.4 Å². The topological polar surface area (TPSA) is 56.1 Å². The van der Waals surface area contributed by atoms with Crippen LogP contribution in [0.3, 0.4) is 0 Å². The van der Waals surface area contributed by atoms with Crippen molar-refractivity contribution in [2.24, 2.45) is 0 Å². The van der Waals surface area contributed by atoms with Gasteiger partial charge in [0.05, 0.1) is 34.1 Å². The quantitative estimate of drug-likeness (QED) is 0.467. The molecule has 0 spiro atoms. The number of furan rings is 1. The fraction of sp³-hybridized carbons (Fsp3) is 0.227. The van der Waals surface area contributed by atoms with Gasteiger partial charge in [-0.1, -0.05) is 11.6 Å². The molecule has 0 amide bonds. The van der Waals surface area contributed by atoms with Crippen molar-refractivity contribution in [2.45, 2.75) is 13.1 Å². The SMILES string of the molecule is COc1cc(CN(Cc2ccco2)C(=S)Nc2ccc(Cl)cc2)cc(OC)c1OC. The predicted octanol–water partition coefficient (Wildman–Crippen LogP) is 5.36. The average Bonchev–Trinajstić information content (AvgIpc) is 3.27. The van der Waals surface area contributed by atoms with Gasteiger partial charge < -0.3 is 28.8 Å². The van der Waals surface area contributed by atoms with E-state index in [1.807, 2.05) is 53.4 Å². The minimum atomic E-state index is 0.489. The molecule has 0 atom stereocenters. The summed E-state index contributed by atoms with van der Waals surface area (Å²) in [5.74, 6) is 2.51. The molecule has 0 saturated carbocycles. The Kier molecular flexibility index (Phi) is 7.43. The molecule has 0 unspecified atom stereocenters. The highest BCUT2D eigenvalue weighted by molar-refractivity contribution is 7.80. The third-order valence-electron chi connectivity index (χ3n) is 4.41. The van der Waals surface area contributed by atoms with Crippen molar-refractivity contribution in [2.75, 3.05) is 26.6 Å². The summed E-state index contributed by atoms with van der Waals surface area (Å²) in [6.45, 7) is 0.986. The molecule has 1 N–H and O–H groups in total. The first-order valence-corrected chi connectivity index (χ1v) is 9.95. The molecular formula is C22H23ClN2O4S. The lowest BCUT2D eigenvalue weighted by atomic mass is 10.1. The molecule has 8 heteroatoms.